The Morgan fingerprint density at radius 2 is 1.25 bits per heavy atom. The summed E-state index contributed by atoms with van der Waals surface area (Å²) in [6, 6.07) is 0. The summed E-state index contributed by atoms with van der Waals surface area (Å²) in [6.07, 6.45) is 14.6. The zero-order valence-electron chi connectivity index (χ0n) is 18.2. The van der Waals surface area contributed by atoms with Crippen LogP contribution in [0.2, 0.25) is 0 Å². The maximum Gasteiger partial charge on any atom is 1.00 e. The van der Waals surface area contributed by atoms with Crippen molar-refractivity contribution in [3.05, 3.63) is 0 Å². The van der Waals surface area contributed by atoms with Crippen molar-refractivity contribution in [1.82, 2.24) is 0 Å². The second-order valence-electron chi connectivity index (χ2n) is 7.15. The molecule has 0 saturated heterocycles. The molecule has 0 aromatic heterocycles. The molecule has 6 nitrogen and oxygen atoms in total. The second-order valence-corrected chi connectivity index (χ2v) is 8.20. The monoisotopic (exact) mass is 438 g/mol. The second kappa shape index (κ2) is 23.0. The predicted molar refractivity (Wildman–Crippen MR) is 99.1 cm³/mol. The third-order valence-electron chi connectivity index (χ3n) is 4.66. The number of carboxylic acids is 1. The standard InChI is InChI=1S/C19H38O6S.2Na/c1-2-3-4-5-6-8-11-14-18(17-25-26(22,23)24)15-12-9-7-10-13-16-19(20)21;;/h18H,2-17H2,1H3,(H,20,21)(H,22,23,24);;/q;2*+1/p-2. The third kappa shape index (κ3) is 27.3. The van der Waals surface area contributed by atoms with Gasteiger partial charge < -0.3 is 14.5 Å². The van der Waals surface area contributed by atoms with Crippen molar-refractivity contribution in [2.24, 2.45) is 5.92 Å². The Morgan fingerprint density at radius 1 is 0.821 bits per heavy atom. The number of carbonyl (C=O) groups is 1. The molecule has 0 radical (unpaired) electrons. The van der Waals surface area contributed by atoms with Gasteiger partial charge in [-0.05, 0) is 31.6 Å². The van der Waals surface area contributed by atoms with Gasteiger partial charge in [0.1, 0.15) is 0 Å². The molecule has 0 aliphatic rings. The van der Waals surface area contributed by atoms with Crippen molar-refractivity contribution in [2.75, 3.05) is 6.61 Å². The first-order valence-electron chi connectivity index (χ1n) is 10.1. The van der Waals surface area contributed by atoms with Gasteiger partial charge in [-0.1, -0.05) is 77.6 Å². The van der Waals surface area contributed by atoms with Gasteiger partial charge in [-0.2, -0.15) is 0 Å². The van der Waals surface area contributed by atoms with Crippen LogP contribution < -0.4 is 64.2 Å². The Balaban J connectivity index is -0.00000312. The minimum Gasteiger partial charge on any atom is -0.726 e. The average Bonchev–Trinajstić information content (AvgIpc) is 2.56. The molecule has 156 valence electrons. The number of unbranched alkanes of at least 4 members (excludes halogenated alkanes) is 10. The van der Waals surface area contributed by atoms with Crippen LogP contribution in [-0.2, 0) is 19.4 Å². The summed E-state index contributed by atoms with van der Waals surface area (Å²) >= 11 is 0. The zero-order chi connectivity index (χ0) is 19.7. The largest absolute Gasteiger partial charge is 1.00 e. The molecule has 0 heterocycles. The molecule has 0 N–H and O–H groups in total. The third-order valence-corrected chi connectivity index (χ3v) is 5.08. The van der Waals surface area contributed by atoms with Crippen LogP contribution in [0.25, 0.3) is 0 Å². The minimum atomic E-state index is -4.63. The van der Waals surface area contributed by atoms with E-state index >= 15 is 0 Å². The molecule has 28 heavy (non-hydrogen) atoms. The fourth-order valence-corrected chi connectivity index (χ4v) is 3.47. The molecular formula is C19H36Na2O6S. The quantitative estimate of drug-likeness (QED) is 0.0973. The SMILES string of the molecule is CCCCCCCCCC(CCCCCCCC(=O)[O-])COS(=O)(=O)[O-].[Na+].[Na+]. The van der Waals surface area contributed by atoms with E-state index < -0.39 is 16.4 Å². The smallest absolute Gasteiger partial charge is 0.726 e. The molecule has 0 rings (SSSR count). The van der Waals surface area contributed by atoms with Crippen molar-refractivity contribution in [2.45, 2.75) is 103 Å². The Bertz CT molecular complexity index is 446. The molecule has 0 spiro atoms. The van der Waals surface area contributed by atoms with Crippen LogP contribution in [-0.4, -0.2) is 25.5 Å². The first-order valence-corrected chi connectivity index (χ1v) is 11.5. The van der Waals surface area contributed by atoms with Crippen LogP contribution in [0.5, 0.6) is 0 Å². The molecule has 0 fully saturated rings. The Labute approximate surface area is 216 Å². The average molecular weight is 439 g/mol. The van der Waals surface area contributed by atoms with Gasteiger partial charge in [-0.3, -0.25) is 4.18 Å². The summed E-state index contributed by atoms with van der Waals surface area (Å²) in [4.78, 5) is 10.3. The molecular weight excluding hydrogens is 402 g/mol. The Kier molecular flexibility index (Phi) is 27.9. The molecule has 9 heteroatoms. The number of carboxylic acid groups (broad SMARTS) is 1. The van der Waals surface area contributed by atoms with E-state index in [0.29, 0.717) is 6.42 Å². The first-order chi connectivity index (χ1) is 12.3. The predicted octanol–water partition coefficient (Wildman–Crippen LogP) is -2.29. The van der Waals surface area contributed by atoms with E-state index in [1.165, 1.54) is 32.1 Å². The van der Waals surface area contributed by atoms with Crippen molar-refractivity contribution in [3.63, 3.8) is 0 Å². The number of carbonyl (C=O) groups excluding carboxylic acids is 1. The molecule has 0 saturated carbocycles. The van der Waals surface area contributed by atoms with Crippen LogP contribution in [0.1, 0.15) is 103 Å². The molecule has 1 unspecified atom stereocenters. The topological polar surface area (TPSA) is 107 Å². The van der Waals surface area contributed by atoms with E-state index in [-0.39, 0.29) is 78.1 Å². The fraction of sp³-hybridized carbons (Fsp3) is 0.947. The number of rotatable bonds is 19. The van der Waals surface area contributed by atoms with Crippen LogP contribution in [0, 0.1) is 5.92 Å². The summed E-state index contributed by atoms with van der Waals surface area (Å²) < 4.78 is 36.5. The zero-order valence-corrected chi connectivity index (χ0v) is 23.1. The van der Waals surface area contributed by atoms with Gasteiger partial charge in [0.05, 0.1) is 6.61 Å². The summed E-state index contributed by atoms with van der Waals surface area (Å²) in [5.74, 6) is -0.909. The van der Waals surface area contributed by atoms with Crippen LogP contribution in [0.4, 0.5) is 0 Å². The van der Waals surface area contributed by atoms with Gasteiger partial charge in [0.15, 0.2) is 0 Å². The molecule has 0 aromatic rings. The number of hydrogen-bond donors (Lipinski definition) is 0. The fourth-order valence-electron chi connectivity index (χ4n) is 3.11. The first kappa shape index (κ1) is 34.0. The molecule has 0 aliphatic carbocycles. The van der Waals surface area contributed by atoms with Crippen LogP contribution >= 0.6 is 0 Å². The summed E-state index contributed by atoms with van der Waals surface area (Å²) in [5.41, 5.74) is 0. The molecule has 0 bridgehead atoms. The molecule has 1 atom stereocenters. The van der Waals surface area contributed by atoms with Crippen LogP contribution in [0.3, 0.4) is 0 Å². The van der Waals surface area contributed by atoms with Gasteiger partial charge in [0, 0.05) is 5.97 Å². The van der Waals surface area contributed by atoms with Gasteiger partial charge >= 0.3 is 59.1 Å². The van der Waals surface area contributed by atoms with E-state index in [0.717, 1.165) is 51.4 Å². The van der Waals surface area contributed by atoms with Crippen molar-refractivity contribution >= 4 is 16.4 Å². The Morgan fingerprint density at radius 3 is 1.68 bits per heavy atom. The van der Waals surface area contributed by atoms with E-state index in [4.69, 9.17) is 0 Å². The van der Waals surface area contributed by atoms with E-state index in [1.54, 1.807) is 0 Å². The van der Waals surface area contributed by atoms with Crippen molar-refractivity contribution < 1.29 is 86.2 Å². The molecule has 0 amide bonds. The minimum absolute atomic E-state index is 0. The van der Waals surface area contributed by atoms with Crippen molar-refractivity contribution in [3.8, 4) is 0 Å². The maximum absolute atomic E-state index is 10.7. The van der Waals surface area contributed by atoms with Crippen molar-refractivity contribution in [1.29, 1.82) is 0 Å². The van der Waals surface area contributed by atoms with Gasteiger partial charge in [-0.15, -0.1) is 0 Å². The van der Waals surface area contributed by atoms with E-state index in [9.17, 15) is 22.9 Å². The summed E-state index contributed by atoms with van der Waals surface area (Å²) in [7, 11) is -4.63. The van der Waals surface area contributed by atoms with Gasteiger partial charge in [0.2, 0.25) is 10.4 Å². The van der Waals surface area contributed by atoms with E-state index in [2.05, 4.69) is 11.1 Å². The van der Waals surface area contributed by atoms with Crippen LogP contribution in [0.15, 0.2) is 0 Å². The maximum atomic E-state index is 10.7. The van der Waals surface area contributed by atoms with Gasteiger partial charge in [0.25, 0.3) is 0 Å². The summed E-state index contributed by atoms with van der Waals surface area (Å²) in [5, 5.41) is 10.3. The van der Waals surface area contributed by atoms with E-state index in [1.807, 2.05) is 0 Å². The molecule has 0 aromatic carbocycles. The Hall–Kier alpha value is 1.34. The number of hydrogen-bond acceptors (Lipinski definition) is 6. The molecule has 0 aliphatic heterocycles. The van der Waals surface area contributed by atoms with Gasteiger partial charge in [-0.25, -0.2) is 8.42 Å². The summed E-state index contributed by atoms with van der Waals surface area (Å²) in [6.45, 7) is 2.17. The number of aliphatic carboxylic acids is 1. The normalized spacial score (nSPS) is 12.1.